The Labute approximate surface area is 182 Å². The Hall–Kier alpha value is -3.06. The maximum Gasteiger partial charge on any atom is 0.407 e. The van der Waals surface area contributed by atoms with Crippen molar-refractivity contribution in [3.05, 3.63) is 60.2 Å². The summed E-state index contributed by atoms with van der Waals surface area (Å²) in [5.41, 5.74) is 3.18. The molecule has 2 aromatic carbocycles. The highest BCUT2D eigenvalue weighted by molar-refractivity contribution is 5.78. The average molecular weight is 423 g/mol. The van der Waals surface area contributed by atoms with Crippen molar-refractivity contribution < 1.29 is 14.6 Å². The van der Waals surface area contributed by atoms with E-state index in [2.05, 4.69) is 28.1 Å². The molecule has 4 rings (SSSR count). The molecule has 0 unspecified atom stereocenters. The summed E-state index contributed by atoms with van der Waals surface area (Å²) in [5.74, 6) is 0.827. The zero-order valence-electron chi connectivity index (χ0n) is 17.9. The first-order valence-corrected chi connectivity index (χ1v) is 11.0. The van der Waals surface area contributed by atoms with Gasteiger partial charge < -0.3 is 24.6 Å². The molecule has 31 heavy (non-hydrogen) atoms. The maximum absolute atomic E-state index is 11.8. The van der Waals surface area contributed by atoms with Crippen LogP contribution in [-0.4, -0.2) is 57.5 Å². The Balaban J connectivity index is 1.52. The van der Waals surface area contributed by atoms with Gasteiger partial charge in [0.2, 0.25) is 5.95 Å². The first kappa shape index (κ1) is 21.2. The minimum Gasteiger partial charge on any atom is -0.465 e. The van der Waals surface area contributed by atoms with Crippen molar-refractivity contribution in [2.75, 3.05) is 25.1 Å². The molecule has 1 saturated heterocycles. The van der Waals surface area contributed by atoms with Crippen LogP contribution in [0.2, 0.25) is 0 Å². The van der Waals surface area contributed by atoms with Crippen LogP contribution in [0, 0.1) is 0 Å². The van der Waals surface area contributed by atoms with Gasteiger partial charge in [0.25, 0.3) is 0 Å². The summed E-state index contributed by atoms with van der Waals surface area (Å²) in [6, 6.07) is 18.3. The third kappa shape index (κ3) is 4.99. The van der Waals surface area contributed by atoms with Gasteiger partial charge in [-0.3, -0.25) is 0 Å². The monoisotopic (exact) mass is 422 g/mol. The number of likely N-dealkylation sites (tertiary alicyclic amines) is 1. The highest BCUT2D eigenvalue weighted by Gasteiger charge is 2.32. The van der Waals surface area contributed by atoms with E-state index in [1.54, 1.807) is 4.90 Å². The molecule has 164 valence electrons. The summed E-state index contributed by atoms with van der Waals surface area (Å²) in [7, 11) is 0. The Morgan fingerprint density at radius 2 is 1.97 bits per heavy atom. The summed E-state index contributed by atoms with van der Waals surface area (Å²) >= 11 is 0. The van der Waals surface area contributed by atoms with Gasteiger partial charge >= 0.3 is 6.09 Å². The van der Waals surface area contributed by atoms with Gasteiger partial charge in [0.05, 0.1) is 17.6 Å². The summed E-state index contributed by atoms with van der Waals surface area (Å²) in [6.07, 6.45) is 1.37. The van der Waals surface area contributed by atoms with Gasteiger partial charge in [-0.1, -0.05) is 42.5 Å². The first-order valence-electron chi connectivity index (χ1n) is 11.0. The molecule has 7 heteroatoms. The third-order valence-electron chi connectivity index (χ3n) is 5.93. The molecule has 2 atom stereocenters. The molecule has 1 aliphatic rings. The topological polar surface area (TPSA) is 79.6 Å². The molecule has 3 aromatic rings. The van der Waals surface area contributed by atoms with Crippen LogP contribution in [0.3, 0.4) is 0 Å². The van der Waals surface area contributed by atoms with Gasteiger partial charge in [0.15, 0.2) is 0 Å². The second-order valence-electron chi connectivity index (χ2n) is 7.96. The average Bonchev–Trinajstić information content (AvgIpc) is 3.12. The number of anilines is 1. The number of ether oxygens (including phenoxy) is 1. The van der Waals surface area contributed by atoms with Crippen molar-refractivity contribution >= 4 is 23.1 Å². The van der Waals surface area contributed by atoms with Crippen LogP contribution in [-0.2, 0) is 17.7 Å². The molecule has 0 bridgehead atoms. The minimum absolute atomic E-state index is 0.0626. The number of hydrogen-bond donors (Lipinski definition) is 2. The number of aromatic nitrogens is 2. The van der Waals surface area contributed by atoms with Crippen LogP contribution in [0.5, 0.6) is 0 Å². The van der Waals surface area contributed by atoms with Crippen LogP contribution in [0.25, 0.3) is 11.0 Å². The fourth-order valence-corrected chi connectivity index (χ4v) is 4.41. The highest BCUT2D eigenvalue weighted by atomic mass is 16.5. The predicted molar refractivity (Wildman–Crippen MR) is 122 cm³/mol. The smallest absolute Gasteiger partial charge is 0.407 e. The number of carboxylic acid groups (broad SMARTS) is 1. The number of fused-ring (bicyclic) bond motifs is 1. The zero-order valence-corrected chi connectivity index (χ0v) is 17.9. The second kappa shape index (κ2) is 9.83. The zero-order chi connectivity index (χ0) is 21.6. The van der Waals surface area contributed by atoms with Gasteiger partial charge in [0, 0.05) is 31.8 Å². The largest absolute Gasteiger partial charge is 0.465 e. The molecule has 1 aliphatic heterocycles. The van der Waals surface area contributed by atoms with Crippen LogP contribution in [0.15, 0.2) is 54.6 Å². The Morgan fingerprint density at radius 3 is 2.74 bits per heavy atom. The predicted octanol–water partition coefficient (Wildman–Crippen LogP) is 4.24. The molecular weight excluding hydrogens is 392 g/mol. The lowest BCUT2D eigenvalue weighted by Gasteiger charge is -2.38. The standard InChI is InChI=1S/C24H30N4O3/c1-2-31-15-14-28-22-11-7-6-10-21(22)26-23(28)25-19-12-13-27(24(29)30)20(17-19)16-18-8-4-3-5-9-18/h3-11,19-20H,2,12-17H2,1H3,(H,25,26)(H,29,30)/t19-,20-/m1/s1. The lowest BCUT2D eigenvalue weighted by Crippen LogP contribution is -2.49. The number of carbonyl (C=O) groups is 1. The van der Waals surface area contributed by atoms with Crippen LogP contribution >= 0.6 is 0 Å². The molecule has 0 spiro atoms. The summed E-state index contributed by atoms with van der Waals surface area (Å²) in [5, 5.41) is 13.3. The van der Waals surface area contributed by atoms with Gasteiger partial charge in [-0.05, 0) is 43.9 Å². The summed E-state index contributed by atoms with van der Waals surface area (Å²) in [4.78, 5) is 18.2. The number of amides is 1. The van der Waals surface area contributed by atoms with Gasteiger partial charge in [-0.15, -0.1) is 0 Å². The molecule has 1 fully saturated rings. The van der Waals surface area contributed by atoms with E-state index in [4.69, 9.17) is 9.72 Å². The van der Waals surface area contributed by atoms with Crippen molar-refractivity contribution in [1.29, 1.82) is 0 Å². The fraction of sp³-hybridized carbons (Fsp3) is 0.417. The van der Waals surface area contributed by atoms with Crippen molar-refractivity contribution in [1.82, 2.24) is 14.5 Å². The quantitative estimate of drug-likeness (QED) is 0.531. The van der Waals surface area contributed by atoms with Crippen molar-refractivity contribution in [3.63, 3.8) is 0 Å². The number of nitrogens with zero attached hydrogens (tertiary/aromatic N) is 3. The molecular formula is C24H30N4O3. The van der Waals surface area contributed by atoms with E-state index in [1.165, 1.54) is 0 Å². The summed E-state index contributed by atoms with van der Waals surface area (Å²) < 4.78 is 7.74. The maximum atomic E-state index is 11.8. The number of para-hydroxylation sites is 2. The van der Waals surface area contributed by atoms with E-state index in [9.17, 15) is 9.90 Å². The fourth-order valence-electron chi connectivity index (χ4n) is 4.41. The SMILES string of the molecule is CCOCCn1c(N[C@@H]2CCN(C(=O)O)[C@H](Cc3ccccc3)C2)nc2ccccc21. The van der Waals surface area contributed by atoms with E-state index >= 15 is 0 Å². The highest BCUT2D eigenvalue weighted by Crippen LogP contribution is 2.26. The third-order valence-corrected chi connectivity index (χ3v) is 5.93. The number of nitrogens with one attached hydrogen (secondary N) is 1. The van der Waals surface area contributed by atoms with E-state index < -0.39 is 6.09 Å². The second-order valence-corrected chi connectivity index (χ2v) is 7.96. The molecule has 0 saturated carbocycles. The van der Waals surface area contributed by atoms with Crippen LogP contribution < -0.4 is 5.32 Å². The minimum atomic E-state index is -0.844. The molecule has 0 radical (unpaired) electrons. The number of piperidine rings is 1. The Morgan fingerprint density at radius 1 is 1.19 bits per heavy atom. The summed E-state index contributed by atoms with van der Waals surface area (Å²) in [6.45, 7) is 4.54. The number of imidazole rings is 1. The van der Waals surface area contributed by atoms with Crippen LogP contribution in [0.1, 0.15) is 25.3 Å². The van der Waals surface area contributed by atoms with Crippen molar-refractivity contribution in [2.45, 2.75) is 44.8 Å². The Kier molecular flexibility index (Phi) is 6.72. The van der Waals surface area contributed by atoms with E-state index in [-0.39, 0.29) is 12.1 Å². The Bertz CT molecular complexity index is 1000. The van der Waals surface area contributed by atoms with Crippen LogP contribution in [0.4, 0.5) is 10.7 Å². The molecule has 7 nitrogen and oxygen atoms in total. The molecule has 2 N–H and O–H groups in total. The lowest BCUT2D eigenvalue weighted by atomic mass is 9.92. The van der Waals surface area contributed by atoms with Crippen molar-refractivity contribution in [3.8, 4) is 0 Å². The lowest BCUT2D eigenvalue weighted by molar-refractivity contribution is 0.103. The molecule has 1 aromatic heterocycles. The van der Waals surface area contributed by atoms with E-state index in [0.717, 1.165) is 41.9 Å². The van der Waals surface area contributed by atoms with Gasteiger partial charge in [-0.25, -0.2) is 9.78 Å². The normalized spacial score (nSPS) is 18.9. The first-order chi connectivity index (χ1) is 15.2. The number of rotatable bonds is 8. The van der Waals surface area contributed by atoms with Gasteiger partial charge in [0.1, 0.15) is 0 Å². The number of hydrogen-bond acceptors (Lipinski definition) is 4. The molecule has 0 aliphatic carbocycles. The molecule has 2 heterocycles. The number of benzene rings is 2. The van der Waals surface area contributed by atoms with Gasteiger partial charge in [-0.2, -0.15) is 0 Å². The van der Waals surface area contributed by atoms with E-state index in [1.807, 2.05) is 43.3 Å². The van der Waals surface area contributed by atoms with Crippen molar-refractivity contribution in [2.24, 2.45) is 0 Å². The molecule has 1 amide bonds. The van der Waals surface area contributed by atoms with E-state index in [0.29, 0.717) is 26.2 Å².